The van der Waals surface area contributed by atoms with Crippen molar-refractivity contribution in [3.8, 4) is 5.75 Å². The zero-order chi connectivity index (χ0) is 17.9. The number of amides is 1. The summed E-state index contributed by atoms with van der Waals surface area (Å²) in [5, 5.41) is 12.7. The van der Waals surface area contributed by atoms with E-state index in [0.29, 0.717) is 24.4 Å². The van der Waals surface area contributed by atoms with Crippen molar-refractivity contribution in [1.29, 1.82) is 0 Å². The maximum absolute atomic E-state index is 13.1. The standard InChI is InChI=1S/C18H29N3O3/c1-12-10-21(13(2)11-22)18(23)15-8-14(20(4)5)6-7-16(15)24-17(12)9-19-3/h6-8,12-13,17,19,22H,9-11H2,1-5H3/t12-,13+,17+/m1/s1. The lowest BCUT2D eigenvalue weighted by atomic mass is 9.99. The van der Waals surface area contributed by atoms with Crippen LogP contribution in [0.5, 0.6) is 5.75 Å². The van der Waals surface area contributed by atoms with E-state index in [0.717, 1.165) is 5.69 Å². The normalized spacial score (nSPS) is 22.2. The van der Waals surface area contributed by atoms with Gasteiger partial charge in [-0.3, -0.25) is 4.79 Å². The Bertz CT molecular complexity index is 577. The molecule has 0 spiro atoms. The number of nitrogens with one attached hydrogen (secondary N) is 1. The van der Waals surface area contributed by atoms with Crippen molar-refractivity contribution in [2.75, 3.05) is 45.7 Å². The number of rotatable bonds is 5. The number of aliphatic hydroxyl groups excluding tert-OH is 1. The van der Waals surface area contributed by atoms with Crippen LogP contribution in [0.2, 0.25) is 0 Å². The van der Waals surface area contributed by atoms with Gasteiger partial charge in [0.05, 0.1) is 18.2 Å². The molecule has 1 amide bonds. The van der Waals surface area contributed by atoms with Crippen LogP contribution >= 0.6 is 0 Å². The molecule has 3 atom stereocenters. The Balaban J connectivity index is 2.49. The Morgan fingerprint density at radius 2 is 2.17 bits per heavy atom. The van der Waals surface area contributed by atoms with Crippen LogP contribution in [0.25, 0.3) is 0 Å². The number of hydrogen-bond donors (Lipinski definition) is 2. The smallest absolute Gasteiger partial charge is 0.258 e. The summed E-state index contributed by atoms with van der Waals surface area (Å²) in [6, 6.07) is 5.45. The number of likely N-dealkylation sites (N-methyl/N-ethyl adjacent to an activating group) is 1. The van der Waals surface area contributed by atoms with Gasteiger partial charge in [0, 0.05) is 38.8 Å². The molecular weight excluding hydrogens is 306 g/mol. The molecule has 0 saturated heterocycles. The fourth-order valence-electron chi connectivity index (χ4n) is 2.93. The van der Waals surface area contributed by atoms with E-state index in [1.807, 2.05) is 51.2 Å². The fraction of sp³-hybridized carbons (Fsp3) is 0.611. The van der Waals surface area contributed by atoms with Gasteiger partial charge in [0.1, 0.15) is 11.9 Å². The number of aliphatic hydroxyl groups is 1. The van der Waals surface area contributed by atoms with Crippen LogP contribution in [0.3, 0.4) is 0 Å². The Morgan fingerprint density at radius 1 is 1.46 bits per heavy atom. The number of carbonyl (C=O) groups is 1. The first-order valence-corrected chi connectivity index (χ1v) is 8.43. The predicted octanol–water partition coefficient (Wildman–Crippen LogP) is 1.19. The number of nitrogens with zero attached hydrogens (tertiary/aromatic N) is 2. The van der Waals surface area contributed by atoms with Crippen LogP contribution in [0.15, 0.2) is 18.2 Å². The van der Waals surface area contributed by atoms with E-state index in [2.05, 4.69) is 12.2 Å². The van der Waals surface area contributed by atoms with Crippen LogP contribution in [0.1, 0.15) is 24.2 Å². The third-order valence-corrected chi connectivity index (χ3v) is 4.57. The van der Waals surface area contributed by atoms with E-state index in [4.69, 9.17) is 4.74 Å². The molecule has 0 saturated carbocycles. The zero-order valence-electron chi connectivity index (χ0n) is 15.2. The van der Waals surface area contributed by atoms with E-state index < -0.39 is 0 Å². The maximum Gasteiger partial charge on any atom is 0.258 e. The molecule has 0 bridgehead atoms. The van der Waals surface area contributed by atoms with Gasteiger partial charge < -0.3 is 25.0 Å². The second-order valence-electron chi connectivity index (χ2n) is 6.76. The largest absolute Gasteiger partial charge is 0.488 e. The first-order chi connectivity index (χ1) is 11.4. The van der Waals surface area contributed by atoms with Crippen LogP contribution in [-0.4, -0.2) is 68.9 Å². The van der Waals surface area contributed by atoms with Crippen LogP contribution in [0.4, 0.5) is 5.69 Å². The van der Waals surface area contributed by atoms with Gasteiger partial charge in [0.15, 0.2) is 0 Å². The van der Waals surface area contributed by atoms with Gasteiger partial charge in [-0.2, -0.15) is 0 Å². The molecule has 0 fully saturated rings. The molecule has 134 valence electrons. The Kier molecular flexibility index (Phi) is 6.07. The molecule has 2 N–H and O–H groups in total. The van der Waals surface area contributed by atoms with E-state index in [-0.39, 0.29) is 30.6 Å². The van der Waals surface area contributed by atoms with Crippen LogP contribution in [0, 0.1) is 5.92 Å². The molecule has 2 rings (SSSR count). The molecule has 1 aliphatic rings. The number of hydrogen-bond acceptors (Lipinski definition) is 5. The summed E-state index contributed by atoms with van der Waals surface area (Å²) in [6.45, 7) is 5.14. The van der Waals surface area contributed by atoms with Gasteiger partial charge in [0.25, 0.3) is 5.91 Å². The molecule has 0 aliphatic carbocycles. The summed E-state index contributed by atoms with van der Waals surface area (Å²) < 4.78 is 6.17. The molecule has 6 nitrogen and oxygen atoms in total. The van der Waals surface area contributed by atoms with Gasteiger partial charge in [-0.15, -0.1) is 0 Å². The first kappa shape index (κ1) is 18.5. The molecule has 6 heteroatoms. The Morgan fingerprint density at radius 3 is 2.75 bits per heavy atom. The van der Waals surface area contributed by atoms with Crippen molar-refractivity contribution in [2.45, 2.75) is 26.0 Å². The number of ether oxygens (including phenoxy) is 1. The lowest BCUT2D eigenvalue weighted by Crippen LogP contribution is -2.49. The maximum atomic E-state index is 13.1. The highest BCUT2D eigenvalue weighted by Crippen LogP contribution is 2.30. The molecule has 24 heavy (non-hydrogen) atoms. The number of benzene rings is 1. The topological polar surface area (TPSA) is 65.0 Å². The van der Waals surface area contributed by atoms with Crippen molar-refractivity contribution in [2.24, 2.45) is 5.92 Å². The summed E-state index contributed by atoms with van der Waals surface area (Å²) in [5.74, 6) is 0.662. The summed E-state index contributed by atoms with van der Waals surface area (Å²) in [6.07, 6.45) is -0.0413. The third-order valence-electron chi connectivity index (χ3n) is 4.57. The average Bonchev–Trinajstić information content (AvgIpc) is 2.56. The summed E-state index contributed by atoms with van der Waals surface area (Å²) in [5.41, 5.74) is 1.50. The van der Waals surface area contributed by atoms with Crippen molar-refractivity contribution < 1.29 is 14.6 Å². The fourth-order valence-corrected chi connectivity index (χ4v) is 2.93. The molecular formula is C18H29N3O3. The van der Waals surface area contributed by atoms with Crippen molar-refractivity contribution >= 4 is 11.6 Å². The van der Waals surface area contributed by atoms with Gasteiger partial charge >= 0.3 is 0 Å². The second kappa shape index (κ2) is 7.85. The highest BCUT2D eigenvalue weighted by Gasteiger charge is 2.32. The third kappa shape index (κ3) is 3.82. The monoisotopic (exact) mass is 335 g/mol. The highest BCUT2D eigenvalue weighted by atomic mass is 16.5. The average molecular weight is 335 g/mol. The SMILES string of the molecule is CNC[C@@H]1Oc2ccc(N(C)C)cc2C(=O)N([C@@H](C)CO)C[C@H]1C. The minimum absolute atomic E-state index is 0.0413. The van der Waals surface area contributed by atoms with Gasteiger partial charge in [0.2, 0.25) is 0 Å². The summed E-state index contributed by atoms with van der Waals surface area (Å²) in [4.78, 5) is 16.8. The highest BCUT2D eigenvalue weighted by molar-refractivity contribution is 5.98. The van der Waals surface area contributed by atoms with Gasteiger partial charge in [-0.1, -0.05) is 6.92 Å². The minimum Gasteiger partial charge on any atom is -0.488 e. The predicted molar refractivity (Wildman–Crippen MR) is 95.9 cm³/mol. The van der Waals surface area contributed by atoms with Crippen LogP contribution < -0.4 is 15.0 Å². The number of carbonyl (C=O) groups excluding carboxylic acids is 1. The lowest BCUT2D eigenvalue weighted by Gasteiger charge is -2.37. The molecule has 0 aromatic heterocycles. The van der Waals surface area contributed by atoms with E-state index in [1.165, 1.54) is 0 Å². The molecule has 1 aromatic rings. The zero-order valence-corrected chi connectivity index (χ0v) is 15.2. The van der Waals surface area contributed by atoms with Crippen molar-refractivity contribution in [3.05, 3.63) is 23.8 Å². The second-order valence-corrected chi connectivity index (χ2v) is 6.76. The Labute approximate surface area is 144 Å². The molecule has 1 heterocycles. The van der Waals surface area contributed by atoms with E-state index in [9.17, 15) is 9.90 Å². The number of fused-ring (bicyclic) bond motifs is 1. The molecule has 1 aromatic carbocycles. The summed E-state index contributed by atoms with van der Waals surface area (Å²) in [7, 11) is 5.77. The van der Waals surface area contributed by atoms with Crippen LogP contribution in [-0.2, 0) is 0 Å². The summed E-state index contributed by atoms with van der Waals surface area (Å²) >= 11 is 0. The van der Waals surface area contributed by atoms with E-state index >= 15 is 0 Å². The first-order valence-electron chi connectivity index (χ1n) is 8.43. The Hall–Kier alpha value is -1.79. The van der Waals surface area contributed by atoms with Crippen molar-refractivity contribution in [3.63, 3.8) is 0 Å². The van der Waals surface area contributed by atoms with Gasteiger partial charge in [-0.05, 0) is 32.2 Å². The molecule has 0 unspecified atom stereocenters. The number of anilines is 1. The lowest BCUT2D eigenvalue weighted by molar-refractivity contribution is 0.0416. The quantitative estimate of drug-likeness (QED) is 0.846. The van der Waals surface area contributed by atoms with E-state index in [1.54, 1.807) is 4.90 Å². The molecule has 1 aliphatic heterocycles. The molecule has 0 radical (unpaired) electrons. The minimum atomic E-state index is -0.232. The van der Waals surface area contributed by atoms with Gasteiger partial charge in [-0.25, -0.2) is 0 Å². The van der Waals surface area contributed by atoms with Crippen molar-refractivity contribution in [1.82, 2.24) is 10.2 Å².